The minimum atomic E-state index is -0.310. The van der Waals surface area contributed by atoms with E-state index in [0.29, 0.717) is 13.1 Å². The molecule has 1 aliphatic rings. The minimum absolute atomic E-state index is 0.0148. The lowest BCUT2D eigenvalue weighted by molar-refractivity contribution is -0.133. The minimum Gasteiger partial charge on any atom is -0.350 e. The van der Waals surface area contributed by atoms with E-state index in [1.807, 2.05) is 6.92 Å². The Morgan fingerprint density at radius 3 is 2.52 bits per heavy atom. The van der Waals surface area contributed by atoms with Gasteiger partial charge in [-0.3, -0.25) is 9.59 Å². The third-order valence-corrected chi connectivity index (χ3v) is 6.72. The first-order valence-electron chi connectivity index (χ1n) is 10.5. The molecule has 0 radical (unpaired) electrons. The quantitative estimate of drug-likeness (QED) is 0.535. The van der Waals surface area contributed by atoms with Gasteiger partial charge in [0.15, 0.2) is 0 Å². The van der Waals surface area contributed by atoms with Crippen LogP contribution in [-0.2, 0) is 29.0 Å². The third kappa shape index (κ3) is 4.90. The van der Waals surface area contributed by atoms with E-state index in [2.05, 4.69) is 35.6 Å². The molecule has 0 saturated carbocycles. The van der Waals surface area contributed by atoms with E-state index < -0.39 is 0 Å². The molecule has 160 valence electrons. The fourth-order valence-corrected chi connectivity index (χ4v) is 4.94. The number of thioether (sulfide) groups is 1. The van der Waals surface area contributed by atoms with Crippen molar-refractivity contribution in [1.82, 2.24) is 10.2 Å². The molecule has 0 unspecified atom stereocenters. The van der Waals surface area contributed by atoms with Crippen LogP contribution >= 0.6 is 11.8 Å². The molecule has 0 saturated heterocycles. The number of hydrogen-bond acceptors (Lipinski definition) is 3. The summed E-state index contributed by atoms with van der Waals surface area (Å²) in [6.07, 6.45) is 2.16. The normalized spacial score (nSPS) is 12.2. The number of carbonyl (C=O) groups excluding carboxylic acids is 2. The maximum Gasteiger partial charge on any atom is 0.239 e. The van der Waals surface area contributed by atoms with Gasteiger partial charge in [-0.05, 0) is 65.4 Å². The van der Waals surface area contributed by atoms with Crippen LogP contribution in [0.2, 0.25) is 0 Å². The summed E-state index contributed by atoms with van der Waals surface area (Å²) in [5.74, 6) is -0.310. The predicted octanol–water partition coefficient (Wildman–Crippen LogP) is 4.33. The number of hydrogen-bond donors (Lipinski definition) is 1. The van der Waals surface area contributed by atoms with E-state index in [0.717, 1.165) is 23.3 Å². The Hall–Kier alpha value is -2.86. The van der Waals surface area contributed by atoms with Gasteiger partial charge in [0.1, 0.15) is 5.82 Å². The van der Waals surface area contributed by atoms with Crippen molar-refractivity contribution < 1.29 is 14.0 Å². The monoisotopic (exact) mass is 436 g/mol. The van der Waals surface area contributed by atoms with Gasteiger partial charge in [0.2, 0.25) is 11.8 Å². The Kier molecular flexibility index (Phi) is 6.56. The number of aryl methyl sites for hydroxylation is 2. The molecular weight excluding hydrogens is 411 g/mol. The number of benzene rings is 3. The zero-order valence-electron chi connectivity index (χ0n) is 17.5. The van der Waals surface area contributed by atoms with Crippen molar-refractivity contribution in [2.45, 2.75) is 31.2 Å². The number of carbonyl (C=O) groups is 2. The van der Waals surface area contributed by atoms with Gasteiger partial charge in [0.25, 0.3) is 0 Å². The summed E-state index contributed by atoms with van der Waals surface area (Å²) in [7, 11) is 0. The summed E-state index contributed by atoms with van der Waals surface area (Å²) >= 11 is 1.53. The Morgan fingerprint density at radius 2 is 1.77 bits per heavy atom. The fourth-order valence-electron chi connectivity index (χ4n) is 3.99. The van der Waals surface area contributed by atoms with Crippen molar-refractivity contribution in [3.05, 3.63) is 77.1 Å². The number of nitrogens with zero attached hydrogens (tertiary/aromatic N) is 1. The highest BCUT2D eigenvalue weighted by Gasteiger charge is 2.19. The molecule has 6 heteroatoms. The first-order valence-corrected chi connectivity index (χ1v) is 11.5. The van der Waals surface area contributed by atoms with Gasteiger partial charge in [-0.25, -0.2) is 4.39 Å². The standard InChI is InChI=1S/C25H25FN2O2S/c1-2-28(15-23(29)27-14-17-6-11-20(26)12-7-17)24(30)16-31-22-13-10-19-9-8-18-4-3-5-21(22)25(18)19/h3-7,10-13H,2,8-9,14-16H2,1H3,(H,27,29). The highest BCUT2D eigenvalue weighted by Crippen LogP contribution is 2.36. The van der Waals surface area contributed by atoms with Crippen LogP contribution in [0, 0.1) is 5.82 Å². The summed E-state index contributed by atoms with van der Waals surface area (Å²) in [4.78, 5) is 27.7. The van der Waals surface area contributed by atoms with Crippen molar-refractivity contribution in [2.24, 2.45) is 0 Å². The van der Waals surface area contributed by atoms with Crippen molar-refractivity contribution in [3.63, 3.8) is 0 Å². The zero-order valence-corrected chi connectivity index (χ0v) is 18.3. The SMILES string of the molecule is CCN(CC(=O)NCc1ccc(F)cc1)C(=O)CSc1ccc2c3c(cccc13)CC2. The van der Waals surface area contributed by atoms with E-state index >= 15 is 0 Å². The molecule has 0 atom stereocenters. The molecule has 1 N–H and O–H groups in total. The molecule has 0 spiro atoms. The molecule has 2 amide bonds. The van der Waals surface area contributed by atoms with Crippen LogP contribution in [0.15, 0.2) is 59.5 Å². The van der Waals surface area contributed by atoms with E-state index in [1.165, 1.54) is 45.8 Å². The van der Waals surface area contributed by atoms with Gasteiger partial charge < -0.3 is 10.2 Å². The van der Waals surface area contributed by atoms with E-state index in [1.54, 1.807) is 17.0 Å². The average molecular weight is 437 g/mol. The van der Waals surface area contributed by atoms with Crippen molar-refractivity contribution >= 4 is 34.3 Å². The molecule has 4 nitrogen and oxygen atoms in total. The maximum atomic E-state index is 13.0. The van der Waals surface area contributed by atoms with Gasteiger partial charge in [-0.1, -0.05) is 36.4 Å². The van der Waals surface area contributed by atoms with Crippen molar-refractivity contribution in [3.8, 4) is 0 Å². The smallest absolute Gasteiger partial charge is 0.239 e. The van der Waals surface area contributed by atoms with Crippen LogP contribution in [0.1, 0.15) is 23.6 Å². The maximum absolute atomic E-state index is 13.0. The number of halogens is 1. The number of rotatable bonds is 8. The molecule has 4 rings (SSSR count). The first-order chi connectivity index (χ1) is 15.0. The third-order valence-electron chi connectivity index (χ3n) is 5.66. The molecule has 0 aliphatic heterocycles. The highest BCUT2D eigenvalue weighted by atomic mass is 32.2. The predicted molar refractivity (Wildman–Crippen MR) is 123 cm³/mol. The number of likely N-dealkylation sites (N-methyl/N-ethyl adjacent to an activating group) is 1. The molecule has 0 fully saturated rings. The number of amides is 2. The average Bonchev–Trinajstić information content (AvgIpc) is 3.21. The summed E-state index contributed by atoms with van der Waals surface area (Å²) in [5.41, 5.74) is 3.58. The molecule has 0 bridgehead atoms. The Labute approximate surface area is 185 Å². The largest absolute Gasteiger partial charge is 0.350 e. The van der Waals surface area contributed by atoms with Crippen molar-refractivity contribution in [1.29, 1.82) is 0 Å². The van der Waals surface area contributed by atoms with Gasteiger partial charge in [0, 0.05) is 18.0 Å². The molecule has 1 aliphatic carbocycles. The summed E-state index contributed by atoms with van der Waals surface area (Å²) in [5, 5.41) is 5.35. The fraction of sp³-hybridized carbons (Fsp3) is 0.280. The second-order valence-corrected chi connectivity index (χ2v) is 8.68. The van der Waals surface area contributed by atoms with Gasteiger partial charge in [-0.2, -0.15) is 0 Å². The zero-order chi connectivity index (χ0) is 21.8. The molecule has 0 aromatic heterocycles. The van der Waals surface area contributed by atoms with E-state index in [9.17, 15) is 14.0 Å². The van der Waals surface area contributed by atoms with E-state index in [4.69, 9.17) is 0 Å². The van der Waals surface area contributed by atoms with Crippen LogP contribution in [0.5, 0.6) is 0 Å². The molecule has 0 heterocycles. The Balaban J connectivity index is 1.34. The van der Waals surface area contributed by atoms with Crippen molar-refractivity contribution in [2.75, 3.05) is 18.8 Å². The molecule has 3 aromatic rings. The summed E-state index contributed by atoms with van der Waals surface area (Å²) in [6.45, 7) is 2.66. The Bertz CT molecular complexity index is 1100. The van der Waals surface area contributed by atoms with Crippen LogP contribution in [-0.4, -0.2) is 35.6 Å². The Morgan fingerprint density at radius 1 is 1.03 bits per heavy atom. The van der Waals surface area contributed by atoms with Crippen LogP contribution in [0.3, 0.4) is 0 Å². The van der Waals surface area contributed by atoms with Crippen LogP contribution in [0.25, 0.3) is 10.8 Å². The van der Waals surface area contributed by atoms with Gasteiger partial charge in [-0.15, -0.1) is 11.8 Å². The molecule has 31 heavy (non-hydrogen) atoms. The second-order valence-electron chi connectivity index (χ2n) is 7.66. The van der Waals surface area contributed by atoms with Gasteiger partial charge in [0.05, 0.1) is 12.3 Å². The number of nitrogens with one attached hydrogen (secondary N) is 1. The lowest BCUT2D eigenvalue weighted by Crippen LogP contribution is -2.41. The highest BCUT2D eigenvalue weighted by molar-refractivity contribution is 8.00. The lowest BCUT2D eigenvalue weighted by atomic mass is 10.1. The molecule has 3 aromatic carbocycles. The lowest BCUT2D eigenvalue weighted by Gasteiger charge is -2.20. The van der Waals surface area contributed by atoms with Crippen LogP contribution < -0.4 is 5.32 Å². The van der Waals surface area contributed by atoms with Crippen LogP contribution in [0.4, 0.5) is 4.39 Å². The summed E-state index contributed by atoms with van der Waals surface area (Å²) in [6, 6.07) is 16.7. The first kappa shape index (κ1) is 21.4. The summed E-state index contributed by atoms with van der Waals surface area (Å²) < 4.78 is 13.0. The topological polar surface area (TPSA) is 49.4 Å². The molecular formula is C25H25FN2O2S. The second kappa shape index (κ2) is 9.52. The van der Waals surface area contributed by atoms with Gasteiger partial charge >= 0.3 is 0 Å². The van der Waals surface area contributed by atoms with E-state index in [-0.39, 0.29) is 29.9 Å².